The fourth-order valence-electron chi connectivity index (χ4n) is 1.22. The van der Waals surface area contributed by atoms with E-state index < -0.39 is 35.8 Å². The van der Waals surface area contributed by atoms with Crippen LogP contribution in [0.3, 0.4) is 0 Å². The first-order chi connectivity index (χ1) is 16.6. The molecular weight excluding hydrogens is 552 g/mol. The molecule has 0 spiro atoms. The van der Waals surface area contributed by atoms with Gasteiger partial charge in [0.05, 0.1) is 0 Å². The maximum atomic E-state index is 9.49. The fourth-order valence-corrected chi connectivity index (χ4v) is 1.22. The van der Waals surface area contributed by atoms with Crippen LogP contribution in [0.2, 0.25) is 0 Å². The van der Waals surface area contributed by atoms with Crippen LogP contribution in [0, 0.1) is 0 Å². The summed E-state index contributed by atoms with van der Waals surface area (Å²) in [5.41, 5.74) is 0. The van der Waals surface area contributed by atoms with Gasteiger partial charge in [0.25, 0.3) is 0 Å². The molecule has 0 aromatic heterocycles. The van der Waals surface area contributed by atoms with E-state index in [1.807, 2.05) is 0 Å². The van der Waals surface area contributed by atoms with Gasteiger partial charge >= 0.3 is 44.8 Å². The predicted molar refractivity (Wildman–Crippen MR) is 125 cm³/mol. The number of carboxylic acids is 6. The van der Waals surface area contributed by atoms with Crippen molar-refractivity contribution < 1.29 is 81.1 Å². The Labute approximate surface area is 257 Å². The molecule has 216 valence electrons. The summed E-state index contributed by atoms with van der Waals surface area (Å²) in [6.45, 7) is 10.8. The maximum absolute atomic E-state index is 9.49. The van der Waals surface area contributed by atoms with E-state index >= 15 is 0 Å². The fraction of sp³-hybridized carbons (Fsp3) is 0.750. The summed E-state index contributed by atoms with van der Waals surface area (Å²) in [7, 11) is 0. The number of hydrogen-bond donors (Lipinski definition) is 0. The molecule has 0 amide bonds. The van der Waals surface area contributed by atoms with E-state index in [0.717, 1.165) is 0 Å². The SMILES string of the molecule is CCCC(=O)[O-].CCCC(=O)[O-].CCCC(=O)[O-].CCCC(=O)[O-].CCCC(=O)[O-].CCCC(=O)[O-].[Mg+2].[Ti+4]. The van der Waals surface area contributed by atoms with Crippen molar-refractivity contribution in [2.24, 2.45) is 0 Å². The van der Waals surface area contributed by atoms with Crippen molar-refractivity contribution in [3.05, 3.63) is 0 Å². The average molecular weight is 595 g/mol. The Hall–Kier alpha value is -1.70. The summed E-state index contributed by atoms with van der Waals surface area (Å²) in [6, 6.07) is 0. The molecule has 14 heteroatoms. The van der Waals surface area contributed by atoms with Crippen LogP contribution in [0.25, 0.3) is 0 Å². The summed E-state index contributed by atoms with van der Waals surface area (Å²) in [6.07, 6.45) is 5.10. The second-order valence-corrected chi connectivity index (χ2v) is 6.73. The monoisotopic (exact) mass is 594 g/mol. The minimum atomic E-state index is -0.961. The molecule has 0 aromatic rings. The predicted octanol–water partition coefficient (Wildman–Crippen LogP) is -3.16. The Morgan fingerprint density at radius 1 is 0.342 bits per heavy atom. The van der Waals surface area contributed by atoms with Gasteiger partial charge < -0.3 is 59.4 Å². The standard InChI is InChI=1S/6C4H8O2.Mg.Ti/c6*1-2-3-4(5)6;;/h6*2-3H2,1H3,(H,5,6);;/q;;;;;;+2;+4/p-6. The van der Waals surface area contributed by atoms with Gasteiger partial charge in [-0.05, 0) is 38.5 Å². The second kappa shape index (κ2) is 51.9. The number of carbonyl (C=O) groups excluding carboxylic acids is 6. The molecule has 0 unspecified atom stereocenters. The summed E-state index contributed by atoms with van der Waals surface area (Å²) in [4.78, 5) is 56.9. The van der Waals surface area contributed by atoms with E-state index in [1.54, 1.807) is 41.5 Å². The van der Waals surface area contributed by atoms with Crippen molar-refractivity contribution in [1.29, 1.82) is 0 Å². The Kier molecular flexibility index (Phi) is 77.1. The molecule has 12 nitrogen and oxygen atoms in total. The van der Waals surface area contributed by atoms with E-state index in [2.05, 4.69) is 0 Å². The Morgan fingerprint density at radius 3 is 0.421 bits per heavy atom. The van der Waals surface area contributed by atoms with Crippen molar-refractivity contribution in [3.8, 4) is 0 Å². The zero-order valence-corrected chi connectivity index (χ0v) is 26.6. The third kappa shape index (κ3) is 143. The van der Waals surface area contributed by atoms with Crippen molar-refractivity contribution in [2.75, 3.05) is 0 Å². The zero-order chi connectivity index (χ0) is 29.9. The first-order valence-electron chi connectivity index (χ1n) is 11.8. The molecule has 0 fully saturated rings. The third-order valence-corrected chi connectivity index (χ3v) is 2.72. The van der Waals surface area contributed by atoms with Gasteiger partial charge in [-0.1, -0.05) is 80.1 Å². The van der Waals surface area contributed by atoms with E-state index in [1.165, 1.54) is 0 Å². The second-order valence-electron chi connectivity index (χ2n) is 6.73. The topological polar surface area (TPSA) is 241 Å². The van der Waals surface area contributed by atoms with Crippen LogP contribution in [-0.4, -0.2) is 58.9 Å². The molecule has 0 atom stereocenters. The molecule has 0 N–H and O–H groups in total. The van der Waals surface area contributed by atoms with E-state index in [-0.39, 0.29) is 83.3 Å². The molecule has 38 heavy (non-hydrogen) atoms. The van der Waals surface area contributed by atoms with E-state index in [9.17, 15) is 59.4 Å². The van der Waals surface area contributed by atoms with E-state index in [4.69, 9.17) is 0 Å². The van der Waals surface area contributed by atoms with Gasteiger partial charge in [-0.15, -0.1) is 0 Å². The summed E-state index contributed by atoms with van der Waals surface area (Å²) >= 11 is 0. The molecule has 0 aliphatic heterocycles. The molecule has 0 heterocycles. The van der Waals surface area contributed by atoms with Gasteiger partial charge in [0.2, 0.25) is 0 Å². The van der Waals surface area contributed by atoms with Crippen LogP contribution in [-0.2, 0) is 50.5 Å². The van der Waals surface area contributed by atoms with Crippen LogP contribution in [0.15, 0.2) is 0 Å². The molecule has 0 saturated heterocycles. The smallest absolute Gasteiger partial charge is 0.550 e. The Morgan fingerprint density at radius 2 is 0.421 bits per heavy atom. The summed E-state index contributed by atoms with van der Waals surface area (Å²) in [5, 5.41) is 56.9. The normalized spacial score (nSPS) is 7.74. The van der Waals surface area contributed by atoms with Gasteiger partial charge in [0.15, 0.2) is 0 Å². The Bertz CT molecular complexity index is 434. The first kappa shape index (κ1) is 56.5. The van der Waals surface area contributed by atoms with E-state index in [0.29, 0.717) is 38.5 Å². The van der Waals surface area contributed by atoms with Crippen LogP contribution >= 0.6 is 0 Å². The largest absolute Gasteiger partial charge is 4.00 e. The number of rotatable bonds is 12. The zero-order valence-electron chi connectivity index (χ0n) is 23.6. The summed E-state index contributed by atoms with van der Waals surface area (Å²) in [5.74, 6) is -5.76. The summed E-state index contributed by atoms with van der Waals surface area (Å²) < 4.78 is 0. The Balaban J connectivity index is -0.0000000469. The average Bonchev–Trinajstić information content (AvgIpc) is 2.69. The quantitative estimate of drug-likeness (QED) is 0.203. The molecular formula is C24H42MgO12Ti. The molecule has 0 aliphatic carbocycles. The third-order valence-electron chi connectivity index (χ3n) is 2.72. The molecule has 0 saturated carbocycles. The molecule has 0 aromatic carbocycles. The van der Waals surface area contributed by atoms with Crippen molar-refractivity contribution in [3.63, 3.8) is 0 Å². The molecule has 0 radical (unpaired) electrons. The van der Waals surface area contributed by atoms with Gasteiger partial charge in [-0.3, -0.25) is 0 Å². The minimum absolute atomic E-state index is 0. The van der Waals surface area contributed by atoms with Crippen molar-refractivity contribution >= 4 is 58.9 Å². The number of hydrogen-bond acceptors (Lipinski definition) is 12. The number of carboxylic acid groups (broad SMARTS) is 6. The number of carbonyl (C=O) groups is 6. The van der Waals surface area contributed by atoms with Gasteiger partial charge in [0.1, 0.15) is 0 Å². The van der Waals surface area contributed by atoms with Crippen molar-refractivity contribution in [1.82, 2.24) is 0 Å². The molecule has 0 aliphatic rings. The van der Waals surface area contributed by atoms with Crippen LogP contribution < -0.4 is 30.6 Å². The van der Waals surface area contributed by atoms with Gasteiger partial charge in [0, 0.05) is 35.8 Å². The molecule has 0 bridgehead atoms. The van der Waals surface area contributed by atoms with Crippen molar-refractivity contribution in [2.45, 2.75) is 119 Å². The minimum Gasteiger partial charge on any atom is -0.550 e. The van der Waals surface area contributed by atoms with Crippen LogP contribution in [0.4, 0.5) is 0 Å². The van der Waals surface area contributed by atoms with Gasteiger partial charge in [-0.25, -0.2) is 0 Å². The first-order valence-corrected chi connectivity index (χ1v) is 11.8. The van der Waals surface area contributed by atoms with Crippen LogP contribution in [0.1, 0.15) is 119 Å². The maximum Gasteiger partial charge on any atom is 4.00 e. The number of aliphatic carboxylic acids is 6. The van der Waals surface area contributed by atoms with Crippen LogP contribution in [0.5, 0.6) is 0 Å². The van der Waals surface area contributed by atoms with Gasteiger partial charge in [-0.2, -0.15) is 0 Å². The molecule has 0 rings (SSSR count).